The van der Waals surface area contributed by atoms with Gasteiger partial charge >= 0.3 is 5.97 Å². The Morgan fingerprint density at radius 3 is 2.44 bits per heavy atom. The summed E-state index contributed by atoms with van der Waals surface area (Å²) >= 11 is 0. The van der Waals surface area contributed by atoms with Crippen LogP contribution in [0.15, 0.2) is 67.0 Å². The third-order valence-electron chi connectivity index (χ3n) is 3.90. The van der Waals surface area contributed by atoms with Crippen LogP contribution in [0.25, 0.3) is 28.3 Å². The van der Waals surface area contributed by atoms with Crippen LogP contribution in [-0.4, -0.2) is 32.7 Å². The van der Waals surface area contributed by atoms with Gasteiger partial charge in [0.1, 0.15) is 5.56 Å². The van der Waals surface area contributed by atoms with Crippen molar-refractivity contribution < 1.29 is 9.53 Å². The molecule has 25 heavy (non-hydrogen) atoms. The predicted octanol–water partition coefficient (Wildman–Crippen LogP) is 3.24. The molecule has 0 saturated heterocycles. The zero-order chi connectivity index (χ0) is 17.2. The Labute approximate surface area is 143 Å². The number of nitrogens with zero attached hydrogens (tertiary/aromatic N) is 4. The number of hydrogen-bond acceptors (Lipinski definition) is 5. The highest BCUT2D eigenvalue weighted by molar-refractivity contribution is 5.96. The summed E-state index contributed by atoms with van der Waals surface area (Å²) in [6, 6.07) is 16.9. The molecule has 0 aliphatic heterocycles. The Kier molecular flexibility index (Phi) is 3.70. The fourth-order valence-electron chi connectivity index (χ4n) is 2.68. The fourth-order valence-corrected chi connectivity index (χ4v) is 2.68. The first kappa shape index (κ1) is 15.0. The summed E-state index contributed by atoms with van der Waals surface area (Å²) in [7, 11) is 1.35. The maximum Gasteiger partial charge on any atom is 0.341 e. The lowest BCUT2D eigenvalue weighted by atomic mass is 10.1. The molecule has 0 unspecified atom stereocenters. The quantitative estimate of drug-likeness (QED) is 0.539. The Hall–Kier alpha value is -3.54. The molecule has 0 saturated carbocycles. The monoisotopic (exact) mass is 330 g/mol. The van der Waals surface area contributed by atoms with Gasteiger partial charge in [-0.05, 0) is 24.3 Å². The van der Waals surface area contributed by atoms with Crippen LogP contribution in [0.1, 0.15) is 10.4 Å². The van der Waals surface area contributed by atoms with E-state index in [4.69, 9.17) is 4.74 Å². The van der Waals surface area contributed by atoms with Crippen molar-refractivity contribution in [3.8, 4) is 22.6 Å². The van der Waals surface area contributed by atoms with Gasteiger partial charge in [-0.1, -0.05) is 30.3 Å². The number of carbonyl (C=O) groups excluding carboxylic acids is 1. The van der Waals surface area contributed by atoms with Crippen LogP contribution in [0, 0.1) is 0 Å². The molecule has 122 valence electrons. The lowest BCUT2D eigenvalue weighted by molar-refractivity contribution is 0.0602. The smallest absolute Gasteiger partial charge is 0.341 e. The summed E-state index contributed by atoms with van der Waals surface area (Å²) in [5.74, 6) is 0.102. The molecule has 0 N–H and O–H groups in total. The lowest BCUT2D eigenvalue weighted by Gasteiger charge is -2.06. The van der Waals surface area contributed by atoms with E-state index in [1.54, 1.807) is 23.0 Å². The summed E-state index contributed by atoms with van der Waals surface area (Å²) in [6.45, 7) is 0. The molecule has 4 aromatic rings. The van der Waals surface area contributed by atoms with Gasteiger partial charge in [-0.25, -0.2) is 14.3 Å². The number of aromatic nitrogens is 4. The number of benzene rings is 1. The second-order valence-electron chi connectivity index (χ2n) is 5.40. The van der Waals surface area contributed by atoms with Crippen molar-refractivity contribution in [2.45, 2.75) is 0 Å². The molecular weight excluding hydrogens is 316 g/mol. The molecule has 0 radical (unpaired) electrons. The van der Waals surface area contributed by atoms with Crippen LogP contribution in [0.2, 0.25) is 0 Å². The molecule has 0 spiro atoms. The van der Waals surface area contributed by atoms with Crippen molar-refractivity contribution in [1.29, 1.82) is 0 Å². The van der Waals surface area contributed by atoms with Gasteiger partial charge in [0.2, 0.25) is 0 Å². The Morgan fingerprint density at radius 2 is 1.72 bits per heavy atom. The minimum absolute atomic E-state index is 0.370. The lowest BCUT2D eigenvalue weighted by Crippen LogP contribution is -2.06. The van der Waals surface area contributed by atoms with Crippen molar-refractivity contribution in [3.63, 3.8) is 0 Å². The van der Waals surface area contributed by atoms with Crippen LogP contribution in [0.4, 0.5) is 0 Å². The summed E-state index contributed by atoms with van der Waals surface area (Å²) in [6.07, 6.45) is 3.43. The molecule has 4 rings (SSSR count). The van der Waals surface area contributed by atoms with Gasteiger partial charge in [-0.2, -0.15) is 0 Å². The van der Waals surface area contributed by atoms with E-state index < -0.39 is 5.97 Å². The molecular formula is C19H14N4O2. The number of rotatable bonds is 3. The summed E-state index contributed by atoms with van der Waals surface area (Å²) < 4.78 is 6.55. The van der Waals surface area contributed by atoms with Crippen molar-refractivity contribution in [3.05, 3.63) is 72.6 Å². The van der Waals surface area contributed by atoms with Crippen molar-refractivity contribution in [1.82, 2.24) is 19.6 Å². The van der Waals surface area contributed by atoms with Gasteiger partial charge in [0.15, 0.2) is 11.5 Å². The van der Waals surface area contributed by atoms with E-state index in [-0.39, 0.29) is 0 Å². The Balaban J connectivity index is 1.99. The van der Waals surface area contributed by atoms with Gasteiger partial charge < -0.3 is 4.74 Å². The molecule has 0 aliphatic carbocycles. The number of fused-ring (bicyclic) bond motifs is 1. The molecule has 0 atom stereocenters. The first-order valence-electron chi connectivity index (χ1n) is 7.72. The van der Waals surface area contributed by atoms with E-state index in [0.717, 1.165) is 16.8 Å². The van der Waals surface area contributed by atoms with E-state index >= 15 is 0 Å². The molecule has 0 aliphatic rings. The minimum Gasteiger partial charge on any atom is -0.465 e. The zero-order valence-electron chi connectivity index (χ0n) is 13.5. The van der Waals surface area contributed by atoms with E-state index in [1.165, 1.54) is 7.11 Å². The highest BCUT2D eigenvalue weighted by Gasteiger charge is 2.18. The van der Waals surface area contributed by atoms with Gasteiger partial charge in [-0.3, -0.25) is 4.98 Å². The van der Waals surface area contributed by atoms with Crippen molar-refractivity contribution in [2.24, 2.45) is 0 Å². The third-order valence-corrected chi connectivity index (χ3v) is 3.90. The number of methoxy groups -OCH3 is 1. The molecule has 3 aromatic heterocycles. The average Bonchev–Trinajstić information content (AvgIpc) is 3.13. The second kappa shape index (κ2) is 6.16. The van der Waals surface area contributed by atoms with Gasteiger partial charge in [-0.15, -0.1) is 5.10 Å². The van der Waals surface area contributed by atoms with Crippen LogP contribution in [0.5, 0.6) is 0 Å². The molecule has 3 heterocycles. The highest BCUT2D eigenvalue weighted by atomic mass is 16.5. The van der Waals surface area contributed by atoms with Crippen molar-refractivity contribution in [2.75, 3.05) is 7.11 Å². The normalized spacial score (nSPS) is 10.8. The number of ether oxygens (including phenoxy) is 1. The van der Waals surface area contributed by atoms with Gasteiger partial charge in [0.25, 0.3) is 0 Å². The van der Waals surface area contributed by atoms with E-state index in [0.29, 0.717) is 17.0 Å². The number of carbonyl (C=O) groups is 1. The molecule has 0 amide bonds. The minimum atomic E-state index is -0.446. The average molecular weight is 330 g/mol. The third kappa shape index (κ3) is 2.63. The molecule has 0 bridgehead atoms. The largest absolute Gasteiger partial charge is 0.465 e. The Bertz CT molecular complexity index is 1040. The summed E-state index contributed by atoms with van der Waals surface area (Å²) in [5.41, 5.74) is 3.46. The number of esters is 1. The standard InChI is InChI=1S/C19H14N4O2/c1-25-19(24)15-7-8-16(13-9-11-20-12-10-13)23-18(15)21-17(22-23)14-5-3-2-4-6-14/h2-12H,1H3. The van der Waals surface area contributed by atoms with E-state index in [1.807, 2.05) is 48.5 Å². The van der Waals surface area contributed by atoms with Crippen LogP contribution in [-0.2, 0) is 4.74 Å². The first-order chi connectivity index (χ1) is 12.3. The van der Waals surface area contributed by atoms with Gasteiger partial charge in [0, 0.05) is 23.5 Å². The van der Waals surface area contributed by atoms with Gasteiger partial charge in [0.05, 0.1) is 12.8 Å². The predicted molar refractivity (Wildman–Crippen MR) is 93.0 cm³/mol. The van der Waals surface area contributed by atoms with Crippen molar-refractivity contribution >= 4 is 11.6 Å². The summed E-state index contributed by atoms with van der Waals surface area (Å²) in [5, 5.41) is 4.61. The SMILES string of the molecule is COC(=O)c1ccc(-c2ccncc2)n2nc(-c3ccccc3)nc12. The van der Waals surface area contributed by atoms with E-state index in [2.05, 4.69) is 15.1 Å². The maximum absolute atomic E-state index is 12.1. The second-order valence-corrected chi connectivity index (χ2v) is 5.40. The first-order valence-corrected chi connectivity index (χ1v) is 7.72. The number of pyridine rings is 2. The van der Waals surface area contributed by atoms with E-state index in [9.17, 15) is 4.79 Å². The Morgan fingerprint density at radius 1 is 0.960 bits per heavy atom. The highest BCUT2D eigenvalue weighted by Crippen LogP contribution is 2.25. The summed E-state index contributed by atoms with van der Waals surface area (Å²) in [4.78, 5) is 20.7. The molecule has 6 heteroatoms. The molecule has 0 fully saturated rings. The van der Waals surface area contributed by atoms with Crippen LogP contribution >= 0.6 is 0 Å². The van der Waals surface area contributed by atoms with Crippen LogP contribution < -0.4 is 0 Å². The maximum atomic E-state index is 12.1. The molecule has 1 aromatic carbocycles. The molecule has 6 nitrogen and oxygen atoms in total. The number of hydrogen-bond donors (Lipinski definition) is 0. The fraction of sp³-hybridized carbons (Fsp3) is 0.0526. The topological polar surface area (TPSA) is 69.4 Å². The van der Waals surface area contributed by atoms with Crippen LogP contribution in [0.3, 0.4) is 0 Å². The zero-order valence-corrected chi connectivity index (χ0v) is 13.5.